The Morgan fingerprint density at radius 1 is 1.37 bits per heavy atom. The average Bonchev–Trinajstić information content (AvgIpc) is 2.36. The maximum absolute atomic E-state index is 6.07. The van der Waals surface area contributed by atoms with E-state index in [1.54, 1.807) is 0 Å². The molecule has 0 aromatic carbocycles. The van der Waals surface area contributed by atoms with E-state index in [-0.39, 0.29) is 0 Å². The van der Waals surface area contributed by atoms with E-state index in [0.29, 0.717) is 23.2 Å². The summed E-state index contributed by atoms with van der Waals surface area (Å²) in [5.74, 6) is 1.35. The van der Waals surface area contributed by atoms with Gasteiger partial charge in [-0.25, -0.2) is 4.98 Å². The Labute approximate surface area is 117 Å². The van der Waals surface area contributed by atoms with Crippen LogP contribution in [0.1, 0.15) is 56.7 Å². The summed E-state index contributed by atoms with van der Waals surface area (Å²) in [6.45, 7) is 6.83. The fraction of sp³-hybridized carbons (Fsp3) is 0.688. The summed E-state index contributed by atoms with van der Waals surface area (Å²) in [7, 11) is 2.03. The predicted octanol–water partition coefficient (Wildman–Crippen LogP) is 3.45. The van der Waals surface area contributed by atoms with E-state index >= 15 is 0 Å². The number of aromatic nitrogens is 1. The number of nitrogens with two attached hydrogens (primary N) is 1. The number of hydrogen-bond acceptors (Lipinski definition) is 3. The molecule has 1 aromatic heterocycles. The second-order valence-corrected chi connectivity index (χ2v) is 6.76. The molecule has 0 amide bonds. The third-order valence-electron chi connectivity index (χ3n) is 4.59. The molecule has 1 fully saturated rings. The van der Waals surface area contributed by atoms with Crippen LogP contribution in [0.25, 0.3) is 0 Å². The highest BCUT2D eigenvalue weighted by molar-refractivity contribution is 5.43. The molecule has 0 spiro atoms. The van der Waals surface area contributed by atoms with Crippen molar-refractivity contribution in [3.63, 3.8) is 0 Å². The number of anilines is 1. The van der Waals surface area contributed by atoms with Crippen LogP contribution in [0.4, 0.5) is 5.82 Å². The first kappa shape index (κ1) is 14.3. The molecular formula is C16H27N3. The van der Waals surface area contributed by atoms with Gasteiger partial charge in [-0.3, -0.25) is 0 Å². The second kappa shape index (κ2) is 5.49. The predicted molar refractivity (Wildman–Crippen MR) is 80.9 cm³/mol. The number of hydrogen-bond donors (Lipinski definition) is 2. The second-order valence-electron chi connectivity index (χ2n) is 6.76. The Morgan fingerprint density at radius 2 is 2.00 bits per heavy atom. The fourth-order valence-corrected chi connectivity index (χ4v) is 3.25. The molecule has 0 radical (unpaired) electrons. The molecule has 19 heavy (non-hydrogen) atoms. The van der Waals surface area contributed by atoms with Gasteiger partial charge < -0.3 is 11.1 Å². The van der Waals surface area contributed by atoms with E-state index in [1.807, 2.05) is 13.2 Å². The standard InChI is InChI=1S/C16H27N3/c1-11-9-13(15(17)19-10-11)14(18-4)12-5-7-16(2,3)8-6-12/h9-10,12,14,18H,5-8H2,1-4H3,(H2,17,19). The summed E-state index contributed by atoms with van der Waals surface area (Å²) < 4.78 is 0. The summed E-state index contributed by atoms with van der Waals surface area (Å²) in [5, 5.41) is 3.46. The van der Waals surface area contributed by atoms with E-state index in [0.717, 1.165) is 0 Å². The summed E-state index contributed by atoms with van der Waals surface area (Å²) >= 11 is 0. The van der Waals surface area contributed by atoms with Crippen molar-refractivity contribution in [2.45, 2.75) is 52.5 Å². The highest BCUT2D eigenvalue weighted by Gasteiger charge is 2.32. The lowest BCUT2D eigenvalue weighted by Gasteiger charge is -2.38. The maximum atomic E-state index is 6.07. The van der Waals surface area contributed by atoms with Crippen molar-refractivity contribution in [1.82, 2.24) is 10.3 Å². The monoisotopic (exact) mass is 261 g/mol. The Bertz CT molecular complexity index is 430. The molecule has 1 aromatic rings. The van der Waals surface area contributed by atoms with Crippen molar-refractivity contribution < 1.29 is 0 Å². The van der Waals surface area contributed by atoms with Gasteiger partial charge in [-0.2, -0.15) is 0 Å². The van der Waals surface area contributed by atoms with E-state index in [2.05, 4.69) is 37.1 Å². The molecule has 3 heteroatoms. The molecule has 1 saturated carbocycles. The fourth-order valence-electron chi connectivity index (χ4n) is 3.25. The van der Waals surface area contributed by atoms with Crippen LogP contribution in [0, 0.1) is 18.3 Å². The normalized spacial score (nSPS) is 21.3. The summed E-state index contributed by atoms with van der Waals surface area (Å²) in [6, 6.07) is 2.52. The first-order chi connectivity index (χ1) is 8.93. The first-order valence-corrected chi connectivity index (χ1v) is 7.32. The topological polar surface area (TPSA) is 50.9 Å². The third-order valence-corrected chi connectivity index (χ3v) is 4.59. The molecule has 106 valence electrons. The van der Waals surface area contributed by atoms with Gasteiger partial charge in [-0.1, -0.05) is 13.8 Å². The van der Waals surface area contributed by atoms with Crippen molar-refractivity contribution in [2.24, 2.45) is 11.3 Å². The zero-order valence-electron chi connectivity index (χ0n) is 12.7. The van der Waals surface area contributed by atoms with Crippen LogP contribution >= 0.6 is 0 Å². The van der Waals surface area contributed by atoms with Crippen LogP contribution in [0.15, 0.2) is 12.3 Å². The smallest absolute Gasteiger partial charge is 0.128 e. The molecule has 2 rings (SSSR count). The molecule has 1 aliphatic rings. The molecule has 1 heterocycles. The molecule has 0 bridgehead atoms. The van der Waals surface area contributed by atoms with Crippen LogP contribution in [0.2, 0.25) is 0 Å². The van der Waals surface area contributed by atoms with E-state index in [4.69, 9.17) is 5.73 Å². The third kappa shape index (κ3) is 3.27. The van der Waals surface area contributed by atoms with Gasteiger partial charge in [0.1, 0.15) is 5.82 Å². The molecule has 3 N–H and O–H groups in total. The first-order valence-electron chi connectivity index (χ1n) is 7.32. The van der Waals surface area contributed by atoms with Gasteiger partial charge in [0.05, 0.1) is 0 Å². The van der Waals surface area contributed by atoms with Gasteiger partial charge in [0.15, 0.2) is 0 Å². The molecule has 0 aliphatic heterocycles. The Morgan fingerprint density at radius 3 is 2.58 bits per heavy atom. The number of aryl methyl sites for hydroxylation is 1. The zero-order valence-corrected chi connectivity index (χ0v) is 12.7. The van der Waals surface area contributed by atoms with Crippen molar-refractivity contribution in [3.05, 3.63) is 23.4 Å². The zero-order chi connectivity index (χ0) is 14.0. The number of nitrogen functional groups attached to an aromatic ring is 1. The van der Waals surface area contributed by atoms with Crippen molar-refractivity contribution >= 4 is 5.82 Å². The van der Waals surface area contributed by atoms with Crippen molar-refractivity contribution in [3.8, 4) is 0 Å². The summed E-state index contributed by atoms with van der Waals surface area (Å²) in [6.07, 6.45) is 6.98. The minimum atomic E-state index is 0.337. The van der Waals surface area contributed by atoms with Crippen molar-refractivity contribution in [2.75, 3.05) is 12.8 Å². The Hall–Kier alpha value is -1.09. The summed E-state index contributed by atoms with van der Waals surface area (Å²) in [5.41, 5.74) is 8.93. The lowest BCUT2D eigenvalue weighted by Crippen LogP contribution is -2.31. The van der Waals surface area contributed by atoms with Crippen LogP contribution in [-0.4, -0.2) is 12.0 Å². The number of rotatable bonds is 3. The van der Waals surface area contributed by atoms with Gasteiger partial charge in [-0.05, 0) is 62.6 Å². The van der Waals surface area contributed by atoms with Crippen LogP contribution < -0.4 is 11.1 Å². The molecule has 1 aliphatic carbocycles. The largest absolute Gasteiger partial charge is 0.383 e. The van der Waals surface area contributed by atoms with Gasteiger partial charge >= 0.3 is 0 Å². The van der Waals surface area contributed by atoms with Gasteiger partial charge in [-0.15, -0.1) is 0 Å². The van der Waals surface area contributed by atoms with E-state index in [9.17, 15) is 0 Å². The summed E-state index contributed by atoms with van der Waals surface area (Å²) in [4.78, 5) is 4.31. The number of nitrogens with one attached hydrogen (secondary N) is 1. The lowest BCUT2D eigenvalue weighted by molar-refractivity contribution is 0.164. The van der Waals surface area contributed by atoms with Gasteiger partial charge in [0.25, 0.3) is 0 Å². The number of nitrogens with zero attached hydrogens (tertiary/aromatic N) is 1. The molecule has 3 nitrogen and oxygen atoms in total. The minimum absolute atomic E-state index is 0.337. The molecular weight excluding hydrogens is 234 g/mol. The lowest BCUT2D eigenvalue weighted by atomic mass is 9.70. The highest BCUT2D eigenvalue weighted by atomic mass is 14.9. The van der Waals surface area contributed by atoms with Gasteiger partial charge in [0.2, 0.25) is 0 Å². The van der Waals surface area contributed by atoms with E-state index in [1.165, 1.54) is 36.8 Å². The average molecular weight is 261 g/mol. The maximum Gasteiger partial charge on any atom is 0.128 e. The SMILES string of the molecule is CNC(c1cc(C)cnc1N)C1CCC(C)(C)CC1. The Kier molecular flexibility index (Phi) is 4.14. The Balaban J connectivity index is 2.18. The van der Waals surface area contributed by atoms with Crippen LogP contribution in [0.5, 0.6) is 0 Å². The highest BCUT2D eigenvalue weighted by Crippen LogP contribution is 2.43. The van der Waals surface area contributed by atoms with Crippen LogP contribution in [0.3, 0.4) is 0 Å². The minimum Gasteiger partial charge on any atom is -0.383 e. The molecule has 1 unspecified atom stereocenters. The van der Waals surface area contributed by atoms with Crippen molar-refractivity contribution in [1.29, 1.82) is 0 Å². The molecule has 1 atom stereocenters. The molecule has 0 saturated heterocycles. The van der Waals surface area contributed by atoms with Gasteiger partial charge in [0, 0.05) is 17.8 Å². The quantitative estimate of drug-likeness (QED) is 0.876. The van der Waals surface area contributed by atoms with Crippen LogP contribution in [-0.2, 0) is 0 Å². The van der Waals surface area contributed by atoms with E-state index < -0.39 is 0 Å². The number of pyridine rings is 1.